The van der Waals surface area contributed by atoms with E-state index in [1.165, 1.54) is 10.9 Å². The fourth-order valence-corrected chi connectivity index (χ4v) is 1.57. The molecule has 0 aliphatic carbocycles. The van der Waals surface area contributed by atoms with Gasteiger partial charge in [0.05, 0.1) is 19.2 Å². The molecule has 2 aromatic heterocycles. The van der Waals surface area contributed by atoms with Crippen LogP contribution >= 0.6 is 0 Å². The van der Waals surface area contributed by atoms with E-state index in [0.717, 1.165) is 5.56 Å². The smallest absolute Gasteiger partial charge is 0.358 e. The largest absolute Gasteiger partial charge is 0.476 e. The maximum atomic E-state index is 11.6. The Labute approximate surface area is 114 Å². The van der Waals surface area contributed by atoms with Crippen LogP contribution in [0.5, 0.6) is 0 Å². The first kappa shape index (κ1) is 13.7. The van der Waals surface area contributed by atoms with Crippen molar-refractivity contribution in [1.82, 2.24) is 25.3 Å². The summed E-state index contributed by atoms with van der Waals surface area (Å²) in [6.45, 7) is 0.709. The summed E-state index contributed by atoms with van der Waals surface area (Å²) >= 11 is 0. The Balaban J connectivity index is 1.75. The number of rotatable bonds is 6. The van der Waals surface area contributed by atoms with Gasteiger partial charge in [0.25, 0.3) is 0 Å². The second-order valence-corrected chi connectivity index (χ2v) is 4.06. The minimum absolute atomic E-state index is 0.119. The van der Waals surface area contributed by atoms with Gasteiger partial charge in [0.15, 0.2) is 5.69 Å². The molecule has 2 heterocycles. The summed E-state index contributed by atoms with van der Waals surface area (Å²) in [5.41, 5.74) is 0.714. The lowest BCUT2D eigenvalue weighted by molar-refractivity contribution is -0.120. The van der Waals surface area contributed by atoms with Crippen molar-refractivity contribution in [3.8, 4) is 0 Å². The number of pyridine rings is 1. The summed E-state index contributed by atoms with van der Waals surface area (Å²) in [5.74, 6) is -1.26. The van der Waals surface area contributed by atoms with E-state index in [1.807, 2.05) is 6.07 Å². The van der Waals surface area contributed by atoms with E-state index in [9.17, 15) is 9.59 Å². The molecule has 0 atom stereocenters. The number of aromatic carboxylic acids is 1. The molecule has 20 heavy (non-hydrogen) atoms. The van der Waals surface area contributed by atoms with E-state index < -0.39 is 5.97 Å². The lowest BCUT2D eigenvalue weighted by atomic mass is 10.2. The predicted molar refractivity (Wildman–Crippen MR) is 67.9 cm³/mol. The summed E-state index contributed by atoms with van der Waals surface area (Å²) < 4.78 is 1.37. The summed E-state index contributed by atoms with van der Waals surface area (Å²) in [7, 11) is 0. The third-order valence-corrected chi connectivity index (χ3v) is 2.51. The standard InChI is InChI=1S/C12H13N5O3/c18-11(6-9-2-1-3-13-7-9)14-4-5-17-8-10(12(19)20)15-16-17/h1-3,7-8H,4-6H2,(H,14,18)(H,19,20). The molecule has 1 amide bonds. The molecule has 0 bridgehead atoms. The van der Waals surface area contributed by atoms with Crippen molar-refractivity contribution in [3.63, 3.8) is 0 Å². The third kappa shape index (κ3) is 3.87. The summed E-state index contributed by atoms with van der Waals surface area (Å²) in [6.07, 6.45) is 4.85. The minimum Gasteiger partial charge on any atom is -0.476 e. The van der Waals surface area contributed by atoms with Crippen LogP contribution in [0.4, 0.5) is 0 Å². The van der Waals surface area contributed by atoms with Crippen LogP contribution in [0.25, 0.3) is 0 Å². The van der Waals surface area contributed by atoms with Gasteiger partial charge in [-0.25, -0.2) is 9.48 Å². The molecule has 8 nitrogen and oxygen atoms in total. The zero-order chi connectivity index (χ0) is 14.4. The molecule has 104 valence electrons. The molecule has 0 spiro atoms. The number of hydrogen-bond donors (Lipinski definition) is 2. The number of nitrogens with zero attached hydrogens (tertiary/aromatic N) is 4. The number of aromatic nitrogens is 4. The topological polar surface area (TPSA) is 110 Å². The predicted octanol–water partition coefficient (Wildman–Crippen LogP) is -0.270. The Kier molecular flexibility index (Phi) is 4.38. The Morgan fingerprint density at radius 2 is 2.25 bits per heavy atom. The molecular weight excluding hydrogens is 262 g/mol. The van der Waals surface area contributed by atoms with E-state index in [-0.39, 0.29) is 18.0 Å². The number of carboxylic acids is 1. The molecule has 0 radical (unpaired) electrons. The van der Waals surface area contributed by atoms with Gasteiger partial charge in [0.1, 0.15) is 0 Å². The van der Waals surface area contributed by atoms with Crippen LogP contribution in [-0.2, 0) is 17.8 Å². The van der Waals surface area contributed by atoms with Crippen molar-refractivity contribution in [1.29, 1.82) is 0 Å². The van der Waals surface area contributed by atoms with Crippen molar-refractivity contribution < 1.29 is 14.7 Å². The van der Waals surface area contributed by atoms with Gasteiger partial charge in [0.2, 0.25) is 5.91 Å². The molecule has 0 saturated heterocycles. The molecule has 8 heteroatoms. The molecule has 2 aromatic rings. The van der Waals surface area contributed by atoms with Crippen LogP contribution in [0, 0.1) is 0 Å². The molecule has 0 unspecified atom stereocenters. The van der Waals surface area contributed by atoms with Gasteiger partial charge in [-0.2, -0.15) is 0 Å². The van der Waals surface area contributed by atoms with E-state index in [0.29, 0.717) is 13.1 Å². The van der Waals surface area contributed by atoms with Crippen LogP contribution < -0.4 is 5.32 Å². The average Bonchev–Trinajstić information content (AvgIpc) is 2.89. The van der Waals surface area contributed by atoms with Gasteiger partial charge in [-0.15, -0.1) is 5.10 Å². The van der Waals surface area contributed by atoms with Crippen LogP contribution in [-0.4, -0.2) is 43.5 Å². The van der Waals surface area contributed by atoms with Gasteiger partial charge in [-0.1, -0.05) is 11.3 Å². The van der Waals surface area contributed by atoms with Crippen LogP contribution in [0.1, 0.15) is 16.1 Å². The van der Waals surface area contributed by atoms with Gasteiger partial charge in [-0.05, 0) is 11.6 Å². The zero-order valence-electron chi connectivity index (χ0n) is 10.6. The molecule has 0 fully saturated rings. The first-order valence-corrected chi connectivity index (χ1v) is 5.94. The van der Waals surface area contributed by atoms with Crippen LogP contribution in [0.3, 0.4) is 0 Å². The van der Waals surface area contributed by atoms with Gasteiger partial charge in [0, 0.05) is 18.9 Å². The van der Waals surface area contributed by atoms with Gasteiger partial charge in [-0.3, -0.25) is 9.78 Å². The highest BCUT2D eigenvalue weighted by atomic mass is 16.4. The number of nitrogens with one attached hydrogen (secondary N) is 1. The second kappa shape index (κ2) is 6.41. The first-order valence-electron chi connectivity index (χ1n) is 5.94. The molecule has 0 saturated carbocycles. The molecule has 2 N–H and O–H groups in total. The Morgan fingerprint density at radius 1 is 1.40 bits per heavy atom. The van der Waals surface area contributed by atoms with Crippen molar-refractivity contribution >= 4 is 11.9 Å². The number of carbonyl (C=O) groups excluding carboxylic acids is 1. The molecular formula is C12H13N5O3. The number of hydrogen-bond acceptors (Lipinski definition) is 5. The molecule has 2 rings (SSSR count). The highest BCUT2D eigenvalue weighted by Crippen LogP contribution is 1.96. The van der Waals surface area contributed by atoms with Gasteiger partial charge >= 0.3 is 5.97 Å². The molecule has 0 aliphatic rings. The highest BCUT2D eigenvalue weighted by Gasteiger charge is 2.08. The maximum absolute atomic E-state index is 11.6. The normalized spacial score (nSPS) is 10.2. The lowest BCUT2D eigenvalue weighted by Gasteiger charge is -2.04. The number of carboxylic acid groups (broad SMARTS) is 1. The van der Waals surface area contributed by atoms with E-state index in [1.54, 1.807) is 18.5 Å². The van der Waals surface area contributed by atoms with Crippen molar-refractivity contribution in [2.45, 2.75) is 13.0 Å². The summed E-state index contributed by atoms with van der Waals surface area (Å²) in [4.78, 5) is 26.2. The summed E-state index contributed by atoms with van der Waals surface area (Å²) in [6, 6.07) is 3.59. The van der Waals surface area contributed by atoms with E-state index >= 15 is 0 Å². The fraction of sp³-hybridized carbons (Fsp3) is 0.250. The second-order valence-electron chi connectivity index (χ2n) is 4.06. The average molecular weight is 275 g/mol. The quantitative estimate of drug-likeness (QED) is 0.751. The van der Waals surface area contributed by atoms with Crippen molar-refractivity contribution in [3.05, 3.63) is 42.0 Å². The van der Waals surface area contributed by atoms with E-state index in [2.05, 4.69) is 20.6 Å². The number of carbonyl (C=O) groups is 2. The van der Waals surface area contributed by atoms with Crippen LogP contribution in [0.15, 0.2) is 30.7 Å². The maximum Gasteiger partial charge on any atom is 0.358 e. The monoisotopic (exact) mass is 275 g/mol. The Morgan fingerprint density at radius 3 is 2.90 bits per heavy atom. The summed E-state index contributed by atoms with van der Waals surface area (Å²) in [5, 5.41) is 18.5. The van der Waals surface area contributed by atoms with E-state index in [4.69, 9.17) is 5.11 Å². The first-order chi connectivity index (χ1) is 9.65. The van der Waals surface area contributed by atoms with Crippen LogP contribution in [0.2, 0.25) is 0 Å². The Bertz CT molecular complexity index is 596. The third-order valence-electron chi connectivity index (χ3n) is 2.51. The molecule has 0 aromatic carbocycles. The highest BCUT2D eigenvalue weighted by molar-refractivity contribution is 5.84. The lowest BCUT2D eigenvalue weighted by Crippen LogP contribution is -2.28. The fourth-order valence-electron chi connectivity index (χ4n) is 1.57. The van der Waals surface area contributed by atoms with Crippen molar-refractivity contribution in [2.24, 2.45) is 0 Å². The SMILES string of the molecule is O=C(Cc1cccnc1)NCCn1cc(C(=O)O)nn1. The minimum atomic E-state index is -1.13. The Hall–Kier alpha value is -2.77. The van der Waals surface area contributed by atoms with Crippen molar-refractivity contribution in [2.75, 3.05) is 6.54 Å². The number of amides is 1. The van der Waals surface area contributed by atoms with Gasteiger partial charge < -0.3 is 10.4 Å². The zero-order valence-corrected chi connectivity index (χ0v) is 10.6. The molecule has 0 aliphatic heterocycles.